The minimum atomic E-state index is -4.33. The van der Waals surface area contributed by atoms with Crippen LogP contribution in [0.25, 0.3) is 10.4 Å². The molecule has 1 fully saturated rings. The Balaban J connectivity index is 1.41. The van der Waals surface area contributed by atoms with Crippen molar-refractivity contribution in [2.45, 2.75) is 24.9 Å². The Kier molecular flexibility index (Phi) is 4.97. The zero-order valence-electron chi connectivity index (χ0n) is 14.9. The molecule has 1 amide bonds. The lowest BCUT2D eigenvalue weighted by Gasteiger charge is -2.31. The number of imidazole rings is 1. The maximum Gasteiger partial charge on any atom is 0.425 e. The zero-order valence-corrected chi connectivity index (χ0v) is 15.7. The van der Waals surface area contributed by atoms with Gasteiger partial charge in [0, 0.05) is 41.8 Å². The number of likely N-dealkylation sites (tertiary alicyclic amines) is 1. The van der Waals surface area contributed by atoms with Gasteiger partial charge in [-0.15, -0.1) is 11.3 Å². The summed E-state index contributed by atoms with van der Waals surface area (Å²) in [7, 11) is 0. The summed E-state index contributed by atoms with van der Waals surface area (Å²) in [4.78, 5) is 21.9. The van der Waals surface area contributed by atoms with Gasteiger partial charge in [0.25, 0.3) is 5.91 Å². The van der Waals surface area contributed by atoms with Crippen LogP contribution in [0.2, 0.25) is 0 Å². The number of hydrogen-bond donors (Lipinski definition) is 1. The van der Waals surface area contributed by atoms with Gasteiger partial charge in [-0.2, -0.15) is 13.2 Å². The Hall–Kier alpha value is -2.61. The number of alkyl halides is 3. The van der Waals surface area contributed by atoms with Crippen LogP contribution in [0.15, 0.2) is 48.8 Å². The molecular weight excluding hydrogens is 387 g/mol. The second kappa shape index (κ2) is 7.43. The predicted molar refractivity (Wildman–Crippen MR) is 101 cm³/mol. The van der Waals surface area contributed by atoms with Gasteiger partial charge in [-0.3, -0.25) is 4.79 Å². The molecule has 1 aliphatic heterocycles. The number of H-pyrrole nitrogens is 1. The van der Waals surface area contributed by atoms with Gasteiger partial charge in [0.2, 0.25) is 0 Å². The number of amides is 1. The highest BCUT2D eigenvalue weighted by molar-refractivity contribution is 7.15. The minimum Gasteiger partial charge on any atom is -0.348 e. The highest BCUT2D eigenvalue weighted by Gasteiger charge is 2.32. The van der Waals surface area contributed by atoms with E-state index in [0.717, 1.165) is 24.7 Å². The van der Waals surface area contributed by atoms with Crippen molar-refractivity contribution in [1.82, 2.24) is 14.9 Å². The molecular formula is C20H18F3N3OS. The Labute approximate surface area is 164 Å². The second-order valence-corrected chi connectivity index (χ2v) is 7.86. The number of piperidine rings is 1. The highest BCUT2D eigenvalue weighted by Crippen LogP contribution is 2.38. The van der Waals surface area contributed by atoms with Gasteiger partial charge in [0.05, 0.1) is 0 Å². The molecule has 8 heteroatoms. The van der Waals surface area contributed by atoms with Gasteiger partial charge in [-0.25, -0.2) is 4.98 Å². The van der Waals surface area contributed by atoms with Crippen molar-refractivity contribution < 1.29 is 18.0 Å². The van der Waals surface area contributed by atoms with Crippen LogP contribution >= 0.6 is 11.3 Å². The lowest BCUT2D eigenvalue weighted by molar-refractivity contribution is -0.134. The van der Waals surface area contributed by atoms with E-state index in [1.807, 2.05) is 4.90 Å². The van der Waals surface area contributed by atoms with E-state index in [1.54, 1.807) is 36.7 Å². The van der Waals surface area contributed by atoms with Crippen molar-refractivity contribution in [2.24, 2.45) is 0 Å². The Bertz CT molecular complexity index is 940. The van der Waals surface area contributed by atoms with Gasteiger partial charge < -0.3 is 9.88 Å². The molecule has 2 aromatic heterocycles. The van der Waals surface area contributed by atoms with E-state index in [9.17, 15) is 18.0 Å². The number of rotatable bonds is 3. The van der Waals surface area contributed by atoms with Crippen LogP contribution in [-0.4, -0.2) is 33.9 Å². The largest absolute Gasteiger partial charge is 0.425 e. The van der Waals surface area contributed by atoms with Gasteiger partial charge in [0.1, 0.15) is 10.7 Å². The number of nitrogens with one attached hydrogen (secondary N) is 1. The Morgan fingerprint density at radius 1 is 1.11 bits per heavy atom. The summed E-state index contributed by atoms with van der Waals surface area (Å²) in [5.74, 6) is 1.25. The van der Waals surface area contributed by atoms with E-state index >= 15 is 0 Å². The smallest absolute Gasteiger partial charge is 0.348 e. The molecule has 1 aromatic carbocycles. The summed E-state index contributed by atoms with van der Waals surface area (Å²) in [6.07, 6.45) is 0.916. The van der Waals surface area contributed by atoms with Crippen molar-refractivity contribution in [3.8, 4) is 10.4 Å². The molecule has 0 saturated carbocycles. The van der Waals surface area contributed by atoms with Gasteiger partial charge in [-0.05, 0) is 42.7 Å². The number of halogens is 3. The van der Waals surface area contributed by atoms with Gasteiger partial charge >= 0.3 is 6.18 Å². The maximum absolute atomic E-state index is 12.8. The number of carbonyl (C=O) groups is 1. The molecule has 0 bridgehead atoms. The average molecular weight is 405 g/mol. The standard InChI is InChI=1S/C20H18F3N3OS/c21-20(22,23)17-6-5-16(28-17)13-1-3-15(4-2-13)19(27)26-11-7-14(8-12-26)18-24-9-10-25-18/h1-6,9-10,14H,7-8,11-12H2,(H,24,25). The van der Waals surface area contributed by atoms with Crippen molar-refractivity contribution in [3.05, 3.63) is 65.1 Å². The number of aromatic nitrogens is 2. The number of hydrogen-bond acceptors (Lipinski definition) is 3. The van der Waals surface area contributed by atoms with Crippen LogP contribution < -0.4 is 0 Å². The Morgan fingerprint density at radius 2 is 1.82 bits per heavy atom. The average Bonchev–Trinajstić information content (AvgIpc) is 3.39. The summed E-state index contributed by atoms with van der Waals surface area (Å²) in [6.45, 7) is 1.32. The number of carbonyl (C=O) groups excluding carboxylic acids is 1. The third-order valence-corrected chi connectivity index (χ3v) is 6.17. The van der Waals surface area contributed by atoms with Crippen LogP contribution in [0, 0.1) is 0 Å². The van der Waals surface area contributed by atoms with E-state index in [0.29, 0.717) is 46.3 Å². The first kappa shape index (κ1) is 18.7. The van der Waals surface area contributed by atoms with E-state index in [1.165, 1.54) is 6.07 Å². The molecule has 0 spiro atoms. The van der Waals surface area contributed by atoms with Crippen molar-refractivity contribution >= 4 is 17.2 Å². The molecule has 4 nitrogen and oxygen atoms in total. The first-order valence-corrected chi connectivity index (χ1v) is 9.79. The summed E-state index contributed by atoms with van der Waals surface area (Å²) < 4.78 is 38.3. The van der Waals surface area contributed by atoms with E-state index in [-0.39, 0.29) is 5.91 Å². The third kappa shape index (κ3) is 3.82. The normalized spacial score (nSPS) is 15.8. The molecule has 4 rings (SSSR count). The third-order valence-electron chi connectivity index (χ3n) is 4.99. The van der Waals surface area contributed by atoms with Crippen LogP contribution in [0.3, 0.4) is 0 Å². The molecule has 0 atom stereocenters. The number of thiophene rings is 1. The van der Waals surface area contributed by atoms with Crippen molar-refractivity contribution in [1.29, 1.82) is 0 Å². The fourth-order valence-electron chi connectivity index (χ4n) is 3.46. The minimum absolute atomic E-state index is 0.0494. The second-order valence-electron chi connectivity index (χ2n) is 6.78. The molecule has 3 heterocycles. The first-order valence-electron chi connectivity index (χ1n) is 8.98. The summed E-state index contributed by atoms with van der Waals surface area (Å²) in [5.41, 5.74) is 1.22. The fourth-order valence-corrected chi connectivity index (χ4v) is 4.34. The number of aromatic amines is 1. The lowest BCUT2D eigenvalue weighted by atomic mass is 9.95. The quantitative estimate of drug-likeness (QED) is 0.653. The van der Waals surface area contributed by atoms with Crippen molar-refractivity contribution in [3.63, 3.8) is 0 Å². The molecule has 0 radical (unpaired) electrons. The van der Waals surface area contributed by atoms with Gasteiger partial charge in [-0.1, -0.05) is 12.1 Å². The van der Waals surface area contributed by atoms with Crippen LogP contribution in [0.1, 0.15) is 39.8 Å². The Morgan fingerprint density at radius 3 is 2.39 bits per heavy atom. The van der Waals surface area contributed by atoms with Crippen LogP contribution in [0.4, 0.5) is 13.2 Å². The molecule has 3 aromatic rings. The zero-order chi connectivity index (χ0) is 19.7. The fraction of sp³-hybridized carbons (Fsp3) is 0.300. The van der Waals surface area contributed by atoms with Gasteiger partial charge in [0.15, 0.2) is 0 Å². The molecule has 1 aliphatic rings. The molecule has 0 unspecified atom stereocenters. The van der Waals surface area contributed by atoms with E-state index in [4.69, 9.17) is 0 Å². The monoisotopic (exact) mass is 405 g/mol. The first-order chi connectivity index (χ1) is 13.4. The lowest BCUT2D eigenvalue weighted by Crippen LogP contribution is -2.38. The molecule has 1 N–H and O–H groups in total. The summed E-state index contributed by atoms with van der Waals surface area (Å²) >= 11 is 0.705. The van der Waals surface area contributed by atoms with Crippen LogP contribution in [0.5, 0.6) is 0 Å². The maximum atomic E-state index is 12.8. The van der Waals surface area contributed by atoms with E-state index < -0.39 is 11.1 Å². The van der Waals surface area contributed by atoms with Crippen molar-refractivity contribution in [2.75, 3.05) is 13.1 Å². The predicted octanol–water partition coefficient (Wildman–Crippen LogP) is 5.18. The number of benzene rings is 1. The molecule has 28 heavy (non-hydrogen) atoms. The topological polar surface area (TPSA) is 49.0 Å². The molecule has 146 valence electrons. The van der Waals surface area contributed by atoms with E-state index in [2.05, 4.69) is 9.97 Å². The highest BCUT2D eigenvalue weighted by atomic mass is 32.1. The molecule has 1 saturated heterocycles. The SMILES string of the molecule is O=C(c1ccc(-c2ccc(C(F)(F)F)s2)cc1)N1CCC(c2ncc[nH]2)CC1. The van der Waals surface area contributed by atoms with Crippen LogP contribution in [-0.2, 0) is 6.18 Å². The summed E-state index contributed by atoms with van der Waals surface area (Å²) in [6, 6.07) is 9.32. The summed E-state index contributed by atoms with van der Waals surface area (Å²) in [5, 5.41) is 0. The molecule has 0 aliphatic carbocycles. The number of nitrogens with zero attached hydrogens (tertiary/aromatic N) is 2.